The quantitative estimate of drug-likeness (QED) is 0.123. The summed E-state index contributed by atoms with van der Waals surface area (Å²) in [5.41, 5.74) is 4.42. The fraction of sp³-hybridized carbons (Fsp3) is 0.281. The predicted molar refractivity (Wildman–Crippen MR) is 160 cm³/mol. The number of anilines is 1. The van der Waals surface area contributed by atoms with Crippen LogP contribution in [0, 0.1) is 0 Å². The summed E-state index contributed by atoms with van der Waals surface area (Å²) in [7, 11) is -3.05. The smallest absolute Gasteiger partial charge is 0.152 e. The van der Waals surface area contributed by atoms with E-state index in [1.807, 2.05) is 29.4 Å². The molecule has 0 aliphatic carbocycles. The summed E-state index contributed by atoms with van der Waals surface area (Å²) in [6, 6.07) is 29.4. The van der Waals surface area contributed by atoms with Gasteiger partial charge < -0.3 is 4.57 Å². The molecular weight excluding hydrogens is 490 g/mol. The zero-order valence-corrected chi connectivity index (χ0v) is 22.6. The van der Waals surface area contributed by atoms with Crippen LogP contribution in [0.1, 0.15) is 38.2 Å². The van der Waals surface area contributed by atoms with Gasteiger partial charge in [0.05, 0.1) is 29.4 Å². The second-order valence-corrected chi connectivity index (χ2v) is 12.6. The fourth-order valence-corrected chi connectivity index (χ4v) is 7.39. The van der Waals surface area contributed by atoms with Gasteiger partial charge in [0.1, 0.15) is 0 Å². The molecule has 0 amide bonds. The summed E-state index contributed by atoms with van der Waals surface area (Å²) in [5.74, 6) is 0.336. The minimum atomic E-state index is -3.05. The molecule has 1 aliphatic rings. The van der Waals surface area contributed by atoms with Gasteiger partial charge in [-0.15, -0.1) is 0 Å². The van der Waals surface area contributed by atoms with E-state index in [0.29, 0.717) is 6.42 Å². The maximum absolute atomic E-state index is 12.3. The van der Waals surface area contributed by atoms with Gasteiger partial charge >= 0.3 is 0 Å². The Morgan fingerprint density at radius 2 is 1.68 bits per heavy atom. The number of fused-ring (bicyclic) bond motifs is 4. The molecule has 0 N–H and O–H groups in total. The van der Waals surface area contributed by atoms with E-state index in [1.165, 1.54) is 41.1 Å². The highest BCUT2D eigenvalue weighted by atomic mass is 32.2. The Kier molecular flexibility index (Phi) is 6.66. The third-order valence-corrected chi connectivity index (χ3v) is 9.42. The van der Waals surface area contributed by atoms with Crippen molar-refractivity contribution in [1.82, 2.24) is 4.57 Å². The van der Waals surface area contributed by atoms with Gasteiger partial charge in [0.15, 0.2) is 9.84 Å². The molecule has 1 fully saturated rings. The number of para-hydroxylation sites is 1. The minimum Gasteiger partial charge on any atom is -0.340 e. The van der Waals surface area contributed by atoms with E-state index in [2.05, 4.69) is 78.2 Å². The first-order valence-corrected chi connectivity index (χ1v) is 15.4. The third kappa shape index (κ3) is 4.81. The van der Waals surface area contributed by atoms with Crippen molar-refractivity contribution in [3.63, 3.8) is 0 Å². The SMILES string of the molecule is CCCCCn1c2ccccc2c2cc(/C=N\N(c3ccc4ccccc4c3)C3CCS(=O)(=O)C3)ccc21. The lowest BCUT2D eigenvalue weighted by molar-refractivity contribution is 0.600. The lowest BCUT2D eigenvalue weighted by atomic mass is 10.1. The maximum atomic E-state index is 12.3. The van der Waals surface area contributed by atoms with Crippen LogP contribution in [0.2, 0.25) is 0 Å². The number of hydrogen-bond donors (Lipinski definition) is 0. The summed E-state index contributed by atoms with van der Waals surface area (Å²) in [5, 5.41) is 11.6. The lowest BCUT2D eigenvalue weighted by Crippen LogP contribution is -2.32. The average Bonchev–Trinajstić information content (AvgIpc) is 3.45. The Labute approximate surface area is 224 Å². The van der Waals surface area contributed by atoms with Crippen molar-refractivity contribution in [1.29, 1.82) is 0 Å². The van der Waals surface area contributed by atoms with E-state index >= 15 is 0 Å². The van der Waals surface area contributed by atoms with Gasteiger partial charge in [-0.3, -0.25) is 5.01 Å². The highest BCUT2D eigenvalue weighted by Gasteiger charge is 2.32. The fourth-order valence-electron chi connectivity index (χ4n) is 5.70. The van der Waals surface area contributed by atoms with Crippen LogP contribution in [0.5, 0.6) is 0 Å². The standard InChI is InChI=1S/C32H33N3O2S/c1-2-3-8-18-34-31-12-7-6-11-29(31)30-20-24(13-16-32(30)34)22-33-35(28-17-19-38(36,37)23-28)27-15-14-25-9-4-5-10-26(25)21-27/h4-7,9-16,20-22,28H,2-3,8,17-19,23H2,1H3/b33-22-. The van der Waals surface area contributed by atoms with Gasteiger partial charge in [-0.05, 0) is 59.5 Å². The van der Waals surface area contributed by atoms with Crippen LogP contribution in [0.15, 0.2) is 90.0 Å². The lowest BCUT2D eigenvalue weighted by Gasteiger charge is -2.25. The maximum Gasteiger partial charge on any atom is 0.152 e. The Morgan fingerprint density at radius 3 is 2.50 bits per heavy atom. The van der Waals surface area contributed by atoms with Crippen molar-refractivity contribution >= 4 is 54.3 Å². The molecular formula is C32H33N3O2S. The predicted octanol–water partition coefficient (Wildman–Crippen LogP) is 7.17. The number of nitrogens with zero attached hydrogens (tertiary/aromatic N) is 3. The van der Waals surface area contributed by atoms with Crippen LogP contribution in [-0.2, 0) is 16.4 Å². The highest BCUT2D eigenvalue weighted by molar-refractivity contribution is 7.91. The molecule has 6 rings (SSSR count). The molecule has 5 aromatic rings. The summed E-state index contributed by atoms with van der Waals surface area (Å²) in [6.07, 6.45) is 6.05. The number of hydrazone groups is 1. The second kappa shape index (κ2) is 10.3. The normalized spacial score (nSPS) is 17.2. The van der Waals surface area contributed by atoms with Crippen LogP contribution in [0.3, 0.4) is 0 Å². The molecule has 2 heterocycles. The Hall–Kier alpha value is -3.64. The first-order chi connectivity index (χ1) is 18.5. The van der Waals surface area contributed by atoms with Crippen molar-refractivity contribution in [2.24, 2.45) is 5.10 Å². The molecule has 194 valence electrons. The van der Waals surface area contributed by atoms with E-state index < -0.39 is 9.84 Å². The molecule has 6 heteroatoms. The Morgan fingerprint density at radius 1 is 0.895 bits per heavy atom. The molecule has 0 spiro atoms. The van der Waals surface area contributed by atoms with E-state index in [4.69, 9.17) is 5.10 Å². The largest absolute Gasteiger partial charge is 0.340 e. The molecule has 1 aliphatic heterocycles. The van der Waals surface area contributed by atoms with Gasteiger partial charge in [0.25, 0.3) is 0 Å². The van der Waals surface area contributed by atoms with E-state index in [1.54, 1.807) is 0 Å². The zero-order chi connectivity index (χ0) is 26.1. The van der Waals surface area contributed by atoms with Crippen LogP contribution in [0.4, 0.5) is 5.69 Å². The van der Waals surface area contributed by atoms with Gasteiger partial charge in [0.2, 0.25) is 0 Å². The van der Waals surface area contributed by atoms with Gasteiger partial charge in [-0.1, -0.05) is 74.4 Å². The van der Waals surface area contributed by atoms with Gasteiger partial charge in [-0.25, -0.2) is 8.42 Å². The highest BCUT2D eigenvalue weighted by Crippen LogP contribution is 2.31. The molecule has 0 saturated carbocycles. The number of aryl methyl sites for hydroxylation is 1. The Bertz CT molecular complexity index is 1750. The molecule has 38 heavy (non-hydrogen) atoms. The number of aromatic nitrogens is 1. The number of unbranched alkanes of at least 4 members (excludes halogenated alkanes) is 2. The summed E-state index contributed by atoms with van der Waals surface area (Å²) >= 11 is 0. The average molecular weight is 524 g/mol. The second-order valence-electron chi connectivity index (χ2n) is 10.3. The monoisotopic (exact) mass is 523 g/mol. The van der Waals surface area contributed by atoms with Crippen LogP contribution < -0.4 is 5.01 Å². The molecule has 1 saturated heterocycles. The molecule has 5 nitrogen and oxygen atoms in total. The number of hydrogen-bond acceptors (Lipinski definition) is 4. The Balaban J connectivity index is 1.38. The molecule has 0 radical (unpaired) electrons. The number of sulfone groups is 1. The summed E-state index contributed by atoms with van der Waals surface area (Å²) < 4.78 is 27.1. The molecule has 0 bridgehead atoms. The molecule has 4 aromatic carbocycles. The van der Waals surface area contributed by atoms with Crippen LogP contribution >= 0.6 is 0 Å². The first-order valence-electron chi connectivity index (χ1n) is 13.6. The van der Waals surface area contributed by atoms with Crippen molar-refractivity contribution < 1.29 is 8.42 Å². The van der Waals surface area contributed by atoms with E-state index in [-0.39, 0.29) is 17.5 Å². The van der Waals surface area contributed by atoms with Crippen molar-refractivity contribution in [2.75, 3.05) is 16.5 Å². The zero-order valence-electron chi connectivity index (χ0n) is 21.8. The van der Waals surface area contributed by atoms with Crippen molar-refractivity contribution in [2.45, 2.75) is 45.2 Å². The van der Waals surface area contributed by atoms with Crippen molar-refractivity contribution in [3.8, 4) is 0 Å². The van der Waals surface area contributed by atoms with E-state index in [0.717, 1.165) is 28.6 Å². The number of rotatable bonds is 8. The topological polar surface area (TPSA) is 54.7 Å². The first kappa shape index (κ1) is 24.7. The van der Waals surface area contributed by atoms with Gasteiger partial charge in [0, 0.05) is 28.4 Å². The minimum absolute atomic E-state index is 0.126. The molecule has 1 unspecified atom stereocenters. The summed E-state index contributed by atoms with van der Waals surface area (Å²) in [4.78, 5) is 0. The van der Waals surface area contributed by atoms with E-state index in [9.17, 15) is 8.42 Å². The third-order valence-electron chi connectivity index (χ3n) is 7.66. The van der Waals surface area contributed by atoms with Crippen LogP contribution in [0.25, 0.3) is 32.6 Å². The summed E-state index contributed by atoms with van der Waals surface area (Å²) in [6.45, 7) is 3.25. The number of benzene rings is 4. The van der Waals surface area contributed by atoms with Crippen LogP contribution in [-0.4, -0.2) is 36.7 Å². The van der Waals surface area contributed by atoms with Crippen molar-refractivity contribution in [3.05, 3.63) is 90.5 Å². The molecule has 1 atom stereocenters. The van der Waals surface area contributed by atoms with Gasteiger partial charge in [-0.2, -0.15) is 5.10 Å². The molecule has 1 aromatic heterocycles.